The van der Waals surface area contributed by atoms with Crippen LogP contribution in [-0.4, -0.2) is 37.3 Å². The lowest BCUT2D eigenvalue weighted by Gasteiger charge is -2.27. The molecule has 1 unspecified atom stereocenters. The molecule has 0 aromatic rings. The van der Waals surface area contributed by atoms with Gasteiger partial charge in [0.2, 0.25) is 0 Å². The monoisotopic (exact) mass is 243 g/mol. The third kappa shape index (κ3) is 3.64. The van der Waals surface area contributed by atoms with Gasteiger partial charge in [-0.25, -0.2) is 0 Å². The molecule has 2 fully saturated rings. The minimum atomic E-state index is 0.746. The molecule has 0 bridgehead atoms. The summed E-state index contributed by atoms with van der Waals surface area (Å²) in [6, 6.07) is 0.746. The summed E-state index contributed by atoms with van der Waals surface area (Å²) in [4.78, 5) is 0. The van der Waals surface area contributed by atoms with Crippen LogP contribution in [0.2, 0.25) is 0 Å². The molecule has 0 aromatic carbocycles. The van der Waals surface area contributed by atoms with Gasteiger partial charge in [0.25, 0.3) is 0 Å². The molecule has 3 heteroatoms. The van der Waals surface area contributed by atoms with Gasteiger partial charge in [0.05, 0.1) is 0 Å². The predicted octanol–water partition coefficient (Wildman–Crippen LogP) is 2.68. The molecular formula is C13H25NOS. The van der Waals surface area contributed by atoms with E-state index in [0.717, 1.165) is 30.4 Å². The van der Waals surface area contributed by atoms with Crippen LogP contribution in [0.1, 0.15) is 38.5 Å². The highest BCUT2D eigenvalue weighted by atomic mass is 32.2. The van der Waals surface area contributed by atoms with Gasteiger partial charge in [-0.1, -0.05) is 12.8 Å². The van der Waals surface area contributed by atoms with Crippen LogP contribution in [0.4, 0.5) is 0 Å². The van der Waals surface area contributed by atoms with Crippen LogP contribution >= 0.6 is 11.8 Å². The maximum atomic E-state index is 5.40. The first-order chi connectivity index (χ1) is 7.90. The summed E-state index contributed by atoms with van der Waals surface area (Å²) in [6.45, 7) is 1.95. The predicted molar refractivity (Wildman–Crippen MR) is 71.1 cm³/mol. The Morgan fingerprint density at radius 3 is 2.50 bits per heavy atom. The maximum absolute atomic E-state index is 5.40. The zero-order chi connectivity index (χ0) is 11.2. The molecule has 1 saturated heterocycles. The minimum Gasteiger partial charge on any atom is -0.381 e. The van der Waals surface area contributed by atoms with Gasteiger partial charge in [0.1, 0.15) is 0 Å². The largest absolute Gasteiger partial charge is 0.381 e. The Hall–Kier alpha value is 0.270. The zero-order valence-corrected chi connectivity index (χ0v) is 11.2. The Kier molecular flexibility index (Phi) is 5.46. The van der Waals surface area contributed by atoms with E-state index in [0.29, 0.717) is 0 Å². The smallest absolute Gasteiger partial charge is 0.0476 e. The van der Waals surface area contributed by atoms with Crippen molar-refractivity contribution in [1.29, 1.82) is 0 Å². The molecule has 1 aliphatic heterocycles. The van der Waals surface area contributed by atoms with Crippen LogP contribution in [0.5, 0.6) is 0 Å². The van der Waals surface area contributed by atoms with Crippen molar-refractivity contribution in [2.45, 2.75) is 49.8 Å². The molecule has 1 saturated carbocycles. The quantitative estimate of drug-likeness (QED) is 0.802. The summed E-state index contributed by atoms with van der Waals surface area (Å²) in [5.41, 5.74) is 0. The summed E-state index contributed by atoms with van der Waals surface area (Å²) in [7, 11) is 2.13. The van der Waals surface area contributed by atoms with Crippen LogP contribution in [0.3, 0.4) is 0 Å². The van der Waals surface area contributed by atoms with Crippen molar-refractivity contribution < 1.29 is 4.74 Å². The molecular weight excluding hydrogens is 218 g/mol. The van der Waals surface area contributed by atoms with Crippen LogP contribution in [0.15, 0.2) is 0 Å². The van der Waals surface area contributed by atoms with E-state index in [1.54, 1.807) is 0 Å². The molecule has 0 radical (unpaired) electrons. The fraction of sp³-hybridized carbons (Fsp3) is 1.00. The first-order valence-electron chi connectivity index (χ1n) is 6.76. The second kappa shape index (κ2) is 6.87. The molecule has 0 amide bonds. The molecule has 1 N–H and O–H groups in total. The van der Waals surface area contributed by atoms with Gasteiger partial charge in [-0.15, -0.1) is 0 Å². The lowest BCUT2D eigenvalue weighted by Crippen LogP contribution is -2.35. The number of hydrogen-bond acceptors (Lipinski definition) is 3. The fourth-order valence-corrected chi connectivity index (χ4v) is 4.34. The fourth-order valence-electron chi connectivity index (χ4n) is 2.90. The molecule has 0 aromatic heterocycles. The third-order valence-electron chi connectivity index (χ3n) is 4.02. The maximum Gasteiger partial charge on any atom is 0.0476 e. The van der Waals surface area contributed by atoms with E-state index < -0.39 is 0 Å². The van der Waals surface area contributed by atoms with Crippen molar-refractivity contribution in [1.82, 2.24) is 5.32 Å². The van der Waals surface area contributed by atoms with E-state index in [2.05, 4.69) is 24.1 Å². The second-order valence-corrected chi connectivity index (χ2v) is 6.42. The molecule has 1 heterocycles. The topological polar surface area (TPSA) is 21.3 Å². The molecule has 2 nitrogen and oxygen atoms in total. The molecule has 2 aliphatic rings. The van der Waals surface area contributed by atoms with E-state index in [4.69, 9.17) is 4.74 Å². The third-order valence-corrected chi connectivity index (χ3v) is 5.51. The van der Waals surface area contributed by atoms with Crippen molar-refractivity contribution in [2.24, 2.45) is 5.92 Å². The molecule has 2 rings (SSSR count). The normalized spacial score (nSPS) is 26.1. The SMILES string of the molecule is CNC(CSC1CCOCC1)C1CCCC1. The van der Waals surface area contributed by atoms with E-state index in [1.807, 2.05) is 0 Å². The van der Waals surface area contributed by atoms with Gasteiger partial charge in [0, 0.05) is 30.3 Å². The Bertz CT molecular complexity index is 188. The summed E-state index contributed by atoms with van der Waals surface area (Å²) in [5, 5.41) is 4.38. The molecule has 94 valence electrons. The van der Waals surface area contributed by atoms with Gasteiger partial charge in [-0.05, 0) is 38.6 Å². The van der Waals surface area contributed by atoms with Crippen LogP contribution < -0.4 is 5.32 Å². The summed E-state index contributed by atoms with van der Waals surface area (Å²) in [6.07, 6.45) is 8.30. The number of nitrogens with one attached hydrogen (secondary N) is 1. The van der Waals surface area contributed by atoms with Gasteiger partial charge in [-0.3, -0.25) is 0 Å². The lowest BCUT2D eigenvalue weighted by atomic mass is 10.0. The highest BCUT2D eigenvalue weighted by Crippen LogP contribution is 2.31. The molecule has 1 aliphatic carbocycles. The number of hydrogen-bond donors (Lipinski definition) is 1. The van der Waals surface area contributed by atoms with Crippen LogP contribution in [0, 0.1) is 5.92 Å². The highest BCUT2D eigenvalue weighted by molar-refractivity contribution is 7.99. The molecule has 16 heavy (non-hydrogen) atoms. The van der Waals surface area contributed by atoms with Crippen LogP contribution in [-0.2, 0) is 4.74 Å². The first-order valence-corrected chi connectivity index (χ1v) is 7.81. The average Bonchev–Trinajstić information content (AvgIpc) is 2.85. The summed E-state index contributed by atoms with van der Waals surface area (Å²) in [5.74, 6) is 2.24. The van der Waals surface area contributed by atoms with E-state index in [9.17, 15) is 0 Å². The van der Waals surface area contributed by atoms with Crippen molar-refractivity contribution in [3.8, 4) is 0 Å². The lowest BCUT2D eigenvalue weighted by molar-refractivity contribution is 0.1000. The average molecular weight is 243 g/mol. The number of thioether (sulfide) groups is 1. The van der Waals surface area contributed by atoms with Crippen LogP contribution in [0.25, 0.3) is 0 Å². The van der Waals surface area contributed by atoms with Crippen molar-refractivity contribution in [3.05, 3.63) is 0 Å². The second-order valence-electron chi connectivity index (χ2n) is 5.08. The standard InChI is InChI=1S/C13H25NOS/c1-14-13(11-4-2-3-5-11)10-16-12-6-8-15-9-7-12/h11-14H,2-10H2,1H3. The Labute approximate surface area is 104 Å². The molecule has 0 spiro atoms. The first kappa shape index (κ1) is 12.7. The van der Waals surface area contributed by atoms with Crippen molar-refractivity contribution >= 4 is 11.8 Å². The molecule has 1 atom stereocenters. The van der Waals surface area contributed by atoms with E-state index >= 15 is 0 Å². The van der Waals surface area contributed by atoms with Crippen molar-refractivity contribution in [3.63, 3.8) is 0 Å². The number of ether oxygens (including phenoxy) is 1. The Balaban J connectivity index is 1.69. The minimum absolute atomic E-state index is 0.746. The van der Waals surface area contributed by atoms with E-state index in [1.165, 1.54) is 44.3 Å². The van der Waals surface area contributed by atoms with Gasteiger partial charge in [-0.2, -0.15) is 11.8 Å². The number of rotatable bonds is 5. The summed E-state index contributed by atoms with van der Waals surface area (Å²) >= 11 is 2.17. The van der Waals surface area contributed by atoms with Gasteiger partial charge < -0.3 is 10.1 Å². The van der Waals surface area contributed by atoms with Gasteiger partial charge in [0.15, 0.2) is 0 Å². The van der Waals surface area contributed by atoms with E-state index in [-0.39, 0.29) is 0 Å². The Morgan fingerprint density at radius 1 is 1.19 bits per heavy atom. The summed E-state index contributed by atoms with van der Waals surface area (Å²) < 4.78 is 5.40. The zero-order valence-electron chi connectivity index (χ0n) is 10.4. The Morgan fingerprint density at radius 2 is 1.88 bits per heavy atom. The van der Waals surface area contributed by atoms with Crippen molar-refractivity contribution in [2.75, 3.05) is 26.0 Å². The highest BCUT2D eigenvalue weighted by Gasteiger charge is 2.25. The van der Waals surface area contributed by atoms with Gasteiger partial charge >= 0.3 is 0 Å².